The molecule has 2 fully saturated rings. The number of piperidine rings is 1. The molecule has 2 aliphatic rings. The summed E-state index contributed by atoms with van der Waals surface area (Å²) in [6, 6.07) is -0.678. The molecule has 2 rings (SSSR count). The topological polar surface area (TPSA) is 88.2 Å². The second kappa shape index (κ2) is 11.7. The summed E-state index contributed by atoms with van der Waals surface area (Å²) in [6.45, 7) is 12.5. The molecule has 0 unspecified atom stereocenters. The van der Waals surface area contributed by atoms with E-state index in [9.17, 15) is 14.4 Å². The highest BCUT2D eigenvalue weighted by molar-refractivity contribution is 5.86. The van der Waals surface area contributed by atoms with Gasteiger partial charge in [-0.3, -0.25) is 19.4 Å². The third kappa shape index (κ3) is 7.66. The molecule has 0 saturated carbocycles. The maximum absolute atomic E-state index is 12.8. The molecule has 2 saturated heterocycles. The molecule has 0 bridgehead atoms. The van der Waals surface area contributed by atoms with Gasteiger partial charge in [-0.2, -0.15) is 0 Å². The van der Waals surface area contributed by atoms with Gasteiger partial charge in [0, 0.05) is 19.6 Å². The quantitative estimate of drug-likeness (QED) is 0.585. The smallest absolute Gasteiger partial charge is 0.410 e. The Morgan fingerprint density at radius 3 is 2.45 bits per heavy atom. The third-order valence-corrected chi connectivity index (χ3v) is 5.86. The minimum Gasteiger partial charge on any atom is -0.465 e. The Hall–Kier alpha value is -1.83. The Morgan fingerprint density at radius 2 is 1.81 bits per heavy atom. The molecule has 1 N–H and O–H groups in total. The molecule has 2 aliphatic heterocycles. The predicted octanol–water partition coefficient (Wildman–Crippen LogP) is 2.95. The zero-order valence-corrected chi connectivity index (χ0v) is 19.9. The Bertz CT molecular complexity index is 619. The van der Waals surface area contributed by atoms with Crippen LogP contribution in [0, 0.1) is 5.92 Å². The molecule has 0 spiro atoms. The number of ether oxygens (including phenoxy) is 2. The molecule has 31 heavy (non-hydrogen) atoms. The van der Waals surface area contributed by atoms with E-state index >= 15 is 0 Å². The van der Waals surface area contributed by atoms with Gasteiger partial charge in [0.15, 0.2) is 0 Å². The molecule has 178 valence electrons. The van der Waals surface area contributed by atoms with E-state index in [1.54, 1.807) is 4.90 Å². The number of amides is 2. The first-order chi connectivity index (χ1) is 14.7. The van der Waals surface area contributed by atoms with E-state index in [2.05, 4.69) is 17.1 Å². The van der Waals surface area contributed by atoms with Gasteiger partial charge in [0.2, 0.25) is 5.91 Å². The van der Waals surface area contributed by atoms with Crippen LogP contribution in [0.5, 0.6) is 0 Å². The fourth-order valence-corrected chi connectivity index (χ4v) is 4.45. The van der Waals surface area contributed by atoms with Crippen molar-refractivity contribution in [1.82, 2.24) is 15.1 Å². The zero-order valence-electron chi connectivity index (χ0n) is 19.9. The van der Waals surface area contributed by atoms with Gasteiger partial charge < -0.3 is 14.8 Å². The van der Waals surface area contributed by atoms with Crippen molar-refractivity contribution >= 4 is 18.0 Å². The third-order valence-electron chi connectivity index (χ3n) is 5.86. The number of carbonyl (C=O) groups is 3. The number of rotatable bonds is 8. The van der Waals surface area contributed by atoms with E-state index in [0.717, 1.165) is 45.2 Å². The SMILES string of the molecule is CCC[C@H](C(=O)OCC)N1CCC[C@H](CNC(=O)[C@@H]2CCCN2C(=O)OC(C)(C)C)C1. The van der Waals surface area contributed by atoms with Crippen LogP contribution in [0.1, 0.15) is 73.1 Å². The lowest BCUT2D eigenvalue weighted by Crippen LogP contribution is -2.51. The van der Waals surface area contributed by atoms with Crippen molar-refractivity contribution in [2.45, 2.75) is 90.8 Å². The molecular formula is C23H41N3O5. The first-order valence-corrected chi connectivity index (χ1v) is 11.8. The van der Waals surface area contributed by atoms with Crippen LogP contribution in [0.3, 0.4) is 0 Å². The maximum atomic E-state index is 12.8. The van der Waals surface area contributed by atoms with Crippen LogP contribution in [0.25, 0.3) is 0 Å². The van der Waals surface area contributed by atoms with Crippen LogP contribution in [0.4, 0.5) is 4.79 Å². The number of nitrogens with zero attached hydrogens (tertiary/aromatic N) is 2. The van der Waals surface area contributed by atoms with Crippen LogP contribution in [-0.4, -0.2) is 78.2 Å². The van der Waals surface area contributed by atoms with Crippen molar-refractivity contribution in [3.05, 3.63) is 0 Å². The molecule has 2 amide bonds. The highest BCUT2D eigenvalue weighted by atomic mass is 16.6. The van der Waals surface area contributed by atoms with Gasteiger partial charge in [-0.05, 0) is 72.3 Å². The predicted molar refractivity (Wildman–Crippen MR) is 119 cm³/mol. The highest BCUT2D eigenvalue weighted by Crippen LogP contribution is 2.23. The van der Waals surface area contributed by atoms with Gasteiger partial charge in [0.25, 0.3) is 0 Å². The van der Waals surface area contributed by atoms with Crippen molar-refractivity contribution in [2.24, 2.45) is 5.92 Å². The number of hydrogen-bond donors (Lipinski definition) is 1. The molecule has 0 aliphatic carbocycles. The molecule has 0 aromatic heterocycles. The van der Waals surface area contributed by atoms with Crippen molar-refractivity contribution in [3.63, 3.8) is 0 Å². The van der Waals surface area contributed by atoms with E-state index in [4.69, 9.17) is 9.47 Å². The van der Waals surface area contributed by atoms with Crippen molar-refractivity contribution < 1.29 is 23.9 Å². The first-order valence-electron chi connectivity index (χ1n) is 11.8. The van der Waals surface area contributed by atoms with Crippen LogP contribution in [0.2, 0.25) is 0 Å². The Labute approximate surface area is 187 Å². The summed E-state index contributed by atoms with van der Waals surface area (Å²) in [6.07, 6.45) is 4.74. The van der Waals surface area contributed by atoms with Gasteiger partial charge in [0.05, 0.1) is 6.61 Å². The van der Waals surface area contributed by atoms with Crippen molar-refractivity contribution in [3.8, 4) is 0 Å². The number of esters is 1. The summed E-state index contributed by atoms with van der Waals surface area (Å²) in [5.74, 6) is 0.0202. The van der Waals surface area contributed by atoms with Crippen LogP contribution in [0.15, 0.2) is 0 Å². The molecule has 0 aromatic rings. The molecule has 8 heteroatoms. The van der Waals surface area contributed by atoms with E-state index in [-0.39, 0.29) is 23.8 Å². The Balaban J connectivity index is 1.89. The monoisotopic (exact) mass is 439 g/mol. The first kappa shape index (κ1) is 25.4. The largest absolute Gasteiger partial charge is 0.465 e. The van der Waals surface area contributed by atoms with E-state index in [0.29, 0.717) is 26.1 Å². The standard InChI is InChI=1S/C23H41N3O5/c1-6-10-19(21(28)30-7-2)25-13-8-11-17(16-25)15-24-20(27)18-12-9-14-26(18)22(29)31-23(3,4)5/h17-19H,6-16H2,1-5H3,(H,24,27)/t17-,18+,19-/m1/s1. The number of likely N-dealkylation sites (tertiary alicyclic amines) is 2. The second-order valence-electron chi connectivity index (χ2n) is 9.64. The minimum absolute atomic E-state index is 0.115. The average molecular weight is 440 g/mol. The zero-order chi connectivity index (χ0) is 23.0. The Kier molecular flexibility index (Phi) is 9.59. The number of hydrogen-bond acceptors (Lipinski definition) is 6. The lowest BCUT2D eigenvalue weighted by atomic mass is 9.95. The van der Waals surface area contributed by atoms with Gasteiger partial charge in [-0.1, -0.05) is 13.3 Å². The molecule has 3 atom stereocenters. The molecule has 8 nitrogen and oxygen atoms in total. The molecular weight excluding hydrogens is 398 g/mol. The second-order valence-corrected chi connectivity index (χ2v) is 9.64. The van der Waals surface area contributed by atoms with E-state index in [1.165, 1.54) is 0 Å². The molecule has 0 radical (unpaired) electrons. The van der Waals surface area contributed by atoms with Crippen molar-refractivity contribution in [2.75, 3.05) is 32.8 Å². The summed E-state index contributed by atoms with van der Waals surface area (Å²) in [4.78, 5) is 41.4. The lowest BCUT2D eigenvalue weighted by molar-refractivity contribution is -0.150. The maximum Gasteiger partial charge on any atom is 0.410 e. The molecule has 2 heterocycles. The van der Waals surface area contributed by atoms with E-state index < -0.39 is 17.7 Å². The van der Waals surface area contributed by atoms with Crippen LogP contribution < -0.4 is 5.32 Å². The summed E-state index contributed by atoms with van der Waals surface area (Å²) < 4.78 is 10.7. The normalized spacial score (nSPS) is 23.3. The van der Waals surface area contributed by atoms with Gasteiger partial charge in [-0.25, -0.2) is 4.79 Å². The van der Waals surface area contributed by atoms with Crippen molar-refractivity contribution in [1.29, 1.82) is 0 Å². The number of nitrogens with one attached hydrogen (secondary N) is 1. The van der Waals surface area contributed by atoms with Crippen LogP contribution >= 0.6 is 0 Å². The fraction of sp³-hybridized carbons (Fsp3) is 0.870. The minimum atomic E-state index is -0.583. The highest BCUT2D eigenvalue weighted by Gasteiger charge is 2.37. The lowest BCUT2D eigenvalue weighted by Gasteiger charge is -2.37. The van der Waals surface area contributed by atoms with Crippen LogP contribution in [-0.2, 0) is 19.1 Å². The fourth-order valence-electron chi connectivity index (χ4n) is 4.45. The summed E-state index contributed by atoms with van der Waals surface area (Å²) >= 11 is 0. The number of carbonyl (C=O) groups excluding carboxylic acids is 3. The van der Waals surface area contributed by atoms with Gasteiger partial charge in [-0.15, -0.1) is 0 Å². The molecule has 0 aromatic carbocycles. The Morgan fingerprint density at radius 1 is 1.10 bits per heavy atom. The van der Waals surface area contributed by atoms with Gasteiger partial charge in [0.1, 0.15) is 17.7 Å². The average Bonchev–Trinajstić information content (AvgIpc) is 3.19. The summed E-state index contributed by atoms with van der Waals surface area (Å²) in [5, 5.41) is 3.06. The summed E-state index contributed by atoms with van der Waals surface area (Å²) in [7, 11) is 0. The van der Waals surface area contributed by atoms with E-state index in [1.807, 2.05) is 27.7 Å². The van der Waals surface area contributed by atoms with Gasteiger partial charge >= 0.3 is 12.1 Å². The summed E-state index contributed by atoms with van der Waals surface area (Å²) in [5.41, 5.74) is -0.583.